The number of esters is 1. The second-order valence-electron chi connectivity index (χ2n) is 9.33. The molecule has 0 aromatic rings. The molecule has 3 saturated heterocycles. The van der Waals surface area contributed by atoms with Crippen LogP contribution < -0.4 is 0 Å². The van der Waals surface area contributed by atoms with E-state index in [0.29, 0.717) is 13.0 Å². The van der Waals surface area contributed by atoms with Crippen molar-refractivity contribution in [2.24, 2.45) is 17.8 Å². The number of aliphatic hydroxyl groups excluding tert-OH is 1. The van der Waals surface area contributed by atoms with Gasteiger partial charge in [0.25, 0.3) is 0 Å². The highest BCUT2D eigenvalue weighted by Crippen LogP contribution is 2.69. The van der Waals surface area contributed by atoms with Gasteiger partial charge in [0, 0.05) is 17.8 Å². The maximum Gasteiger partial charge on any atom is 0.311 e. The Balaban J connectivity index is 2.12. The van der Waals surface area contributed by atoms with Gasteiger partial charge in [-0.25, -0.2) is 0 Å². The molecular weight excluding hydrogens is 428 g/mol. The summed E-state index contributed by atoms with van der Waals surface area (Å²) in [6, 6.07) is -1.29. The van der Waals surface area contributed by atoms with Gasteiger partial charge in [0.15, 0.2) is 0 Å². The lowest BCUT2D eigenvalue weighted by atomic mass is 9.66. The van der Waals surface area contributed by atoms with Gasteiger partial charge in [-0.1, -0.05) is 32.6 Å². The van der Waals surface area contributed by atoms with Gasteiger partial charge in [-0.05, 0) is 32.6 Å². The molecule has 3 rings (SSSR count). The summed E-state index contributed by atoms with van der Waals surface area (Å²) in [7, 11) is 0. The summed E-state index contributed by atoms with van der Waals surface area (Å²) in [6.07, 6.45) is 4.47. The summed E-state index contributed by atoms with van der Waals surface area (Å²) in [6.45, 7) is 15.5. The first kappa shape index (κ1) is 24.8. The Morgan fingerprint density at radius 2 is 2.06 bits per heavy atom. The van der Waals surface area contributed by atoms with Crippen LogP contribution >= 0.6 is 11.8 Å². The number of amides is 2. The first-order valence-electron chi connectivity index (χ1n) is 11.5. The topological polar surface area (TPSA) is 87.2 Å². The zero-order valence-corrected chi connectivity index (χ0v) is 20.3. The molecule has 0 aliphatic carbocycles. The molecule has 3 heterocycles. The van der Waals surface area contributed by atoms with Crippen LogP contribution in [0.15, 0.2) is 25.3 Å². The highest BCUT2D eigenvalue weighted by Gasteiger charge is 2.77. The van der Waals surface area contributed by atoms with Crippen molar-refractivity contribution in [3.63, 3.8) is 0 Å². The van der Waals surface area contributed by atoms with E-state index in [0.717, 1.165) is 6.42 Å². The zero-order valence-electron chi connectivity index (χ0n) is 19.5. The van der Waals surface area contributed by atoms with E-state index < -0.39 is 34.6 Å². The Morgan fingerprint density at radius 3 is 2.59 bits per heavy atom. The molecule has 3 fully saturated rings. The minimum atomic E-state index is -0.735. The standard InChI is InChI=1S/C24H36N2O5S/c1-7-10-25(14(4)5)22(29)20-24-15(6)12-17(32-24)18(23(30)31-11-8-2)19(24)21(28)26(20)16(9-3)13-27/h7-8,14-20,27H,1-2,9-13H2,3-6H3/t15?,16-,17-,18+,19-,20?,24?/m0/s1. The van der Waals surface area contributed by atoms with E-state index in [2.05, 4.69) is 20.1 Å². The Morgan fingerprint density at radius 1 is 1.38 bits per heavy atom. The number of likely N-dealkylation sites (tertiary alicyclic amines) is 1. The first-order valence-corrected chi connectivity index (χ1v) is 12.4. The summed E-state index contributed by atoms with van der Waals surface area (Å²) in [5.74, 6) is -1.90. The average molecular weight is 465 g/mol. The smallest absolute Gasteiger partial charge is 0.311 e. The van der Waals surface area contributed by atoms with Crippen LogP contribution in [0, 0.1) is 17.8 Å². The zero-order chi connectivity index (χ0) is 23.8. The van der Waals surface area contributed by atoms with Gasteiger partial charge in [0.05, 0.1) is 29.2 Å². The fourth-order valence-corrected chi connectivity index (χ4v) is 8.29. The third kappa shape index (κ3) is 3.59. The quantitative estimate of drug-likeness (QED) is 0.394. The van der Waals surface area contributed by atoms with E-state index in [1.54, 1.807) is 27.6 Å². The van der Waals surface area contributed by atoms with E-state index in [1.807, 2.05) is 20.8 Å². The molecule has 8 heteroatoms. The van der Waals surface area contributed by atoms with Crippen LogP contribution in [-0.2, 0) is 19.1 Å². The van der Waals surface area contributed by atoms with E-state index in [9.17, 15) is 19.5 Å². The summed E-state index contributed by atoms with van der Waals surface area (Å²) in [5.41, 5.74) is 0. The molecule has 0 aromatic carbocycles. The van der Waals surface area contributed by atoms with Gasteiger partial charge in [0.1, 0.15) is 12.6 Å². The molecule has 7 atom stereocenters. The number of rotatable bonds is 10. The highest BCUT2D eigenvalue weighted by atomic mass is 32.2. The van der Waals surface area contributed by atoms with Crippen LogP contribution in [0.4, 0.5) is 0 Å². The lowest BCUT2D eigenvalue weighted by molar-refractivity contribution is -0.154. The van der Waals surface area contributed by atoms with Crippen LogP contribution in [0.3, 0.4) is 0 Å². The van der Waals surface area contributed by atoms with E-state index in [1.165, 1.54) is 6.08 Å². The van der Waals surface area contributed by atoms with Gasteiger partial charge in [-0.3, -0.25) is 14.4 Å². The second-order valence-corrected chi connectivity index (χ2v) is 10.9. The number of hydrogen-bond donors (Lipinski definition) is 1. The van der Waals surface area contributed by atoms with Crippen LogP contribution in [0.25, 0.3) is 0 Å². The van der Waals surface area contributed by atoms with E-state index in [-0.39, 0.29) is 42.2 Å². The van der Waals surface area contributed by atoms with Crippen LogP contribution in [-0.4, -0.2) is 80.6 Å². The molecule has 0 saturated carbocycles. The fraction of sp³-hybridized carbons (Fsp3) is 0.708. The largest absolute Gasteiger partial charge is 0.461 e. The molecule has 2 amide bonds. The number of aliphatic hydroxyl groups is 1. The van der Waals surface area contributed by atoms with Crippen molar-refractivity contribution in [3.05, 3.63) is 25.3 Å². The molecule has 0 aromatic heterocycles. The number of carbonyl (C=O) groups excluding carboxylic acids is 3. The van der Waals surface area contributed by atoms with Gasteiger partial charge < -0.3 is 19.6 Å². The Kier molecular flexibility index (Phi) is 7.44. The van der Waals surface area contributed by atoms with Gasteiger partial charge >= 0.3 is 5.97 Å². The van der Waals surface area contributed by atoms with Crippen molar-refractivity contribution in [2.75, 3.05) is 19.8 Å². The predicted molar refractivity (Wildman–Crippen MR) is 125 cm³/mol. The molecule has 0 radical (unpaired) electrons. The molecule has 178 valence electrons. The van der Waals surface area contributed by atoms with Crippen molar-refractivity contribution in [2.45, 2.75) is 68.7 Å². The number of nitrogens with zero attached hydrogens (tertiary/aromatic N) is 2. The SMILES string of the molecule is C=CCOC(=O)[C@@H]1[C@@H]2CC(C)C3(S2)C(C(=O)N(CC=C)C(C)C)N([C@@H](CC)CO)C(=O)[C@H]13. The summed E-state index contributed by atoms with van der Waals surface area (Å²) in [4.78, 5) is 44.3. The maximum atomic E-state index is 14.0. The molecule has 7 nitrogen and oxygen atoms in total. The van der Waals surface area contributed by atoms with Crippen molar-refractivity contribution in [1.82, 2.24) is 9.80 Å². The predicted octanol–water partition coefficient (Wildman–Crippen LogP) is 2.25. The van der Waals surface area contributed by atoms with Gasteiger partial charge in [0.2, 0.25) is 11.8 Å². The number of ether oxygens (including phenoxy) is 1. The van der Waals surface area contributed by atoms with Gasteiger partial charge in [-0.2, -0.15) is 0 Å². The molecule has 3 unspecified atom stereocenters. The van der Waals surface area contributed by atoms with Crippen molar-refractivity contribution >= 4 is 29.5 Å². The third-order valence-corrected chi connectivity index (χ3v) is 9.42. The number of carbonyl (C=O) groups is 3. The Bertz CT molecular complexity index is 782. The molecule has 32 heavy (non-hydrogen) atoms. The minimum Gasteiger partial charge on any atom is -0.461 e. The van der Waals surface area contributed by atoms with Crippen LogP contribution in [0.1, 0.15) is 40.5 Å². The van der Waals surface area contributed by atoms with Crippen LogP contribution in [0.5, 0.6) is 0 Å². The number of thioether (sulfide) groups is 1. The third-order valence-electron chi connectivity index (χ3n) is 7.34. The average Bonchev–Trinajstić information content (AvgIpc) is 3.35. The lowest BCUT2D eigenvalue weighted by Crippen LogP contribution is -2.60. The summed E-state index contributed by atoms with van der Waals surface area (Å²) >= 11 is 1.61. The lowest BCUT2D eigenvalue weighted by Gasteiger charge is -2.42. The van der Waals surface area contributed by atoms with Gasteiger partial charge in [-0.15, -0.1) is 18.3 Å². The molecule has 1 N–H and O–H groups in total. The van der Waals surface area contributed by atoms with Crippen molar-refractivity contribution in [1.29, 1.82) is 0 Å². The monoisotopic (exact) mass is 464 g/mol. The first-order chi connectivity index (χ1) is 15.2. The van der Waals surface area contributed by atoms with Crippen molar-refractivity contribution < 1.29 is 24.2 Å². The molecule has 3 aliphatic rings. The number of hydrogen-bond acceptors (Lipinski definition) is 6. The number of fused-ring (bicyclic) bond motifs is 1. The highest BCUT2D eigenvalue weighted by molar-refractivity contribution is 8.02. The fourth-order valence-electron chi connectivity index (χ4n) is 5.90. The Hall–Kier alpha value is -1.80. The van der Waals surface area contributed by atoms with Crippen LogP contribution in [0.2, 0.25) is 0 Å². The molecule has 2 bridgehead atoms. The van der Waals surface area contributed by atoms with E-state index in [4.69, 9.17) is 4.74 Å². The molecular formula is C24H36N2O5S. The molecule has 3 aliphatic heterocycles. The van der Waals surface area contributed by atoms with Crippen molar-refractivity contribution in [3.8, 4) is 0 Å². The maximum absolute atomic E-state index is 14.0. The molecule has 1 spiro atoms. The summed E-state index contributed by atoms with van der Waals surface area (Å²) < 4.78 is 4.67. The van der Waals surface area contributed by atoms with E-state index >= 15 is 0 Å². The normalized spacial score (nSPS) is 33.9. The second kappa shape index (κ2) is 9.59. The summed E-state index contributed by atoms with van der Waals surface area (Å²) in [5, 5.41) is 10.0. The minimum absolute atomic E-state index is 0.0603. The Labute approximate surface area is 195 Å².